The number of nitriles is 1. The van der Waals surface area contributed by atoms with Crippen LogP contribution in [0.25, 0.3) is 22.6 Å². The first kappa shape index (κ1) is 31.6. The summed E-state index contributed by atoms with van der Waals surface area (Å²) in [5.74, 6) is -1.50. The minimum atomic E-state index is -4.65. The largest absolute Gasteiger partial charge is 0.486 e. The van der Waals surface area contributed by atoms with E-state index in [9.17, 15) is 22.0 Å². The molecule has 7 rings (SSSR count). The Morgan fingerprint density at radius 1 is 1.02 bits per heavy atom. The van der Waals surface area contributed by atoms with Gasteiger partial charge in [-0.05, 0) is 74.2 Å². The lowest BCUT2D eigenvalue weighted by molar-refractivity contribution is -0.144. The summed E-state index contributed by atoms with van der Waals surface area (Å²) in [6.07, 6.45) is -0.504. The van der Waals surface area contributed by atoms with Crippen LogP contribution in [-0.2, 0) is 30.6 Å². The number of imidazole rings is 1. The Balaban J connectivity index is 1.04. The Bertz CT molecular complexity index is 1990. The summed E-state index contributed by atoms with van der Waals surface area (Å²) in [5.41, 5.74) is 2.84. The first-order valence-corrected chi connectivity index (χ1v) is 15.4. The number of hydrogen-bond acceptors (Lipinski definition) is 8. The highest BCUT2D eigenvalue weighted by atomic mass is 19.4. The molecule has 1 N–H and O–H groups in total. The number of H-pyrrole nitrogens is 1. The summed E-state index contributed by atoms with van der Waals surface area (Å²) in [4.78, 5) is 15.0. The molecule has 2 aromatic carbocycles. The second kappa shape index (κ2) is 12.9. The second-order valence-electron chi connectivity index (χ2n) is 11.9. The molecule has 0 bridgehead atoms. The molecule has 248 valence electrons. The number of hydrogen-bond donors (Lipinski definition) is 1. The zero-order valence-corrected chi connectivity index (χ0v) is 25.5. The van der Waals surface area contributed by atoms with E-state index in [1.54, 1.807) is 24.4 Å². The van der Waals surface area contributed by atoms with E-state index in [1.165, 1.54) is 18.2 Å². The average Bonchev–Trinajstić information content (AvgIpc) is 3.68. The number of piperidine rings is 1. The number of pyridine rings is 1. The summed E-state index contributed by atoms with van der Waals surface area (Å²) in [6.45, 7) is 3.13. The van der Waals surface area contributed by atoms with Crippen molar-refractivity contribution in [2.24, 2.45) is 0 Å². The molecule has 5 heterocycles. The van der Waals surface area contributed by atoms with Crippen LogP contribution in [0.2, 0.25) is 0 Å². The van der Waals surface area contributed by atoms with Crippen molar-refractivity contribution in [1.29, 1.82) is 5.26 Å². The van der Waals surface area contributed by atoms with Gasteiger partial charge in [0.05, 0.1) is 48.1 Å². The van der Waals surface area contributed by atoms with Crippen LogP contribution in [0.3, 0.4) is 0 Å². The van der Waals surface area contributed by atoms with Crippen molar-refractivity contribution in [3.8, 4) is 23.3 Å². The fourth-order valence-corrected chi connectivity index (χ4v) is 6.05. The second-order valence-corrected chi connectivity index (χ2v) is 11.9. The molecule has 0 spiro atoms. The summed E-state index contributed by atoms with van der Waals surface area (Å²) >= 11 is 0. The van der Waals surface area contributed by atoms with E-state index in [4.69, 9.17) is 19.7 Å². The molecule has 3 aromatic heterocycles. The van der Waals surface area contributed by atoms with Crippen LogP contribution in [0.4, 0.5) is 22.0 Å². The van der Waals surface area contributed by atoms with Crippen molar-refractivity contribution in [1.82, 2.24) is 34.6 Å². The van der Waals surface area contributed by atoms with Crippen LogP contribution >= 0.6 is 0 Å². The highest BCUT2D eigenvalue weighted by Gasteiger charge is 2.35. The first-order valence-electron chi connectivity index (χ1n) is 15.4. The number of benzene rings is 2. The van der Waals surface area contributed by atoms with E-state index in [0.717, 1.165) is 55.3 Å². The minimum Gasteiger partial charge on any atom is -0.486 e. The number of nitrogens with one attached hydrogen (secondary N) is 1. The van der Waals surface area contributed by atoms with E-state index in [0.29, 0.717) is 25.2 Å². The normalized spacial score (nSPS) is 17.4. The summed E-state index contributed by atoms with van der Waals surface area (Å²) in [7, 11) is 0. The van der Waals surface area contributed by atoms with Crippen LogP contribution in [0.1, 0.15) is 53.5 Å². The van der Waals surface area contributed by atoms with Crippen LogP contribution in [0.15, 0.2) is 48.7 Å². The van der Waals surface area contributed by atoms with Crippen LogP contribution in [0, 0.1) is 23.0 Å². The number of likely N-dealkylation sites (tertiary alicyclic amines) is 1. The standard InChI is InChI=1S/C33H29F5N8O2/c34-24-4-3-21(12-29(24)48-18-22-2-1-19(14-39)11-25(22)35)20-5-8-45(9-6-20)17-30-41-26-13-27(31-42-32(44-43-31)33(36,37)38)40-15-28(26)46(30)16-23-7-10-47-23/h1-4,11-13,15,20,23H,5-10,16-18H2,(H,42,43,44)/t23-/m0/s1. The molecular formula is C33H29F5N8O2. The predicted molar refractivity (Wildman–Crippen MR) is 161 cm³/mol. The topological polar surface area (TPSA) is 118 Å². The van der Waals surface area contributed by atoms with Crippen molar-refractivity contribution >= 4 is 11.0 Å². The fraction of sp³-hybridized carbons (Fsp3) is 0.364. The lowest BCUT2D eigenvalue weighted by Crippen LogP contribution is -2.35. The van der Waals surface area contributed by atoms with Gasteiger partial charge in [-0.15, -0.1) is 0 Å². The van der Waals surface area contributed by atoms with Gasteiger partial charge in [-0.2, -0.15) is 23.5 Å². The van der Waals surface area contributed by atoms with Gasteiger partial charge in [0.1, 0.15) is 23.9 Å². The van der Waals surface area contributed by atoms with Gasteiger partial charge >= 0.3 is 6.18 Å². The molecule has 0 saturated carbocycles. The molecule has 2 saturated heterocycles. The SMILES string of the molecule is N#Cc1ccc(COc2cc(C3CCN(Cc4nc5cc(-c6n[nH]c(C(F)(F)F)n6)ncc5n4C[C@@H]4CCO4)CC3)ccc2F)c(F)c1. The average molecular weight is 665 g/mol. The van der Waals surface area contributed by atoms with Crippen molar-refractivity contribution in [2.45, 2.75) is 57.2 Å². The number of ether oxygens (including phenoxy) is 2. The molecule has 1 atom stereocenters. The summed E-state index contributed by atoms with van der Waals surface area (Å²) < 4.78 is 81.5. The highest BCUT2D eigenvalue weighted by Crippen LogP contribution is 2.33. The van der Waals surface area contributed by atoms with Gasteiger partial charge in [-0.3, -0.25) is 15.0 Å². The van der Waals surface area contributed by atoms with E-state index in [-0.39, 0.29) is 47.0 Å². The molecule has 0 amide bonds. The van der Waals surface area contributed by atoms with Gasteiger partial charge in [-0.25, -0.2) is 18.7 Å². The number of halogens is 5. The predicted octanol–water partition coefficient (Wildman–Crippen LogP) is 6.13. The molecular weight excluding hydrogens is 635 g/mol. The maximum Gasteiger partial charge on any atom is 0.451 e. The van der Waals surface area contributed by atoms with Crippen molar-refractivity contribution in [3.63, 3.8) is 0 Å². The highest BCUT2D eigenvalue weighted by molar-refractivity contribution is 5.78. The molecule has 10 nitrogen and oxygen atoms in total. The molecule has 0 aliphatic carbocycles. The van der Waals surface area contributed by atoms with Crippen molar-refractivity contribution in [3.05, 3.63) is 88.6 Å². The van der Waals surface area contributed by atoms with Gasteiger partial charge in [0, 0.05) is 12.2 Å². The maximum atomic E-state index is 14.6. The zero-order valence-electron chi connectivity index (χ0n) is 25.5. The van der Waals surface area contributed by atoms with Crippen molar-refractivity contribution < 1.29 is 31.4 Å². The van der Waals surface area contributed by atoms with Gasteiger partial charge in [0.25, 0.3) is 0 Å². The number of nitrogens with zero attached hydrogens (tertiary/aromatic N) is 7. The van der Waals surface area contributed by atoms with Crippen molar-refractivity contribution in [2.75, 3.05) is 19.7 Å². The molecule has 15 heteroatoms. The monoisotopic (exact) mass is 664 g/mol. The Kier molecular flexibility index (Phi) is 8.52. The van der Waals surface area contributed by atoms with Gasteiger partial charge in [0.15, 0.2) is 17.4 Å². The quantitative estimate of drug-likeness (QED) is 0.187. The summed E-state index contributed by atoms with van der Waals surface area (Å²) in [6, 6.07) is 12.3. The van der Waals surface area contributed by atoms with Crippen LogP contribution in [0.5, 0.6) is 5.75 Å². The molecule has 48 heavy (non-hydrogen) atoms. The summed E-state index contributed by atoms with van der Waals surface area (Å²) in [5, 5.41) is 14.6. The third kappa shape index (κ3) is 6.58. The van der Waals surface area contributed by atoms with Gasteiger partial charge in [0.2, 0.25) is 5.82 Å². The smallest absolute Gasteiger partial charge is 0.451 e. The number of rotatable bonds is 9. The molecule has 0 unspecified atom stereocenters. The Labute approximate surface area is 271 Å². The van der Waals surface area contributed by atoms with E-state index >= 15 is 0 Å². The molecule has 5 aromatic rings. The minimum absolute atomic E-state index is 0.0391. The molecule has 2 aliphatic rings. The van der Waals surface area contributed by atoms with Crippen LogP contribution in [-0.4, -0.2) is 60.4 Å². The maximum absolute atomic E-state index is 14.6. The third-order valence-electron chi connectivity index (χ3n) is 8.82. The lowest BCUT2D eigenvalue weighted by Gasteiger charge is -2.33. The number of aromatic nitrogens is 6. The Morgan fingerprint density at radius 3 is 2.52 bits per heavy atom. The Hall–Kier alpha value is -4.94. The molecule has 2 aliphatic heterocycles. The molecule has 0 radical (unpaired) electrons. The Morgan fingerprint density at radius 2 is 1.83 bits per heavy atom. The number of alkyl halides is 3. The van der Waals surface area contributed by atoms with Crippen LogP contribution < -0.4 is 4.74 Å². The fourth-order valence-electron chi connectivity index (χ4n) is 6.05. The van der Waals surface area contributed by atoms with E-state index < -0.39 is 23.6 Å². The number of fused-ring (bicyclic) bond motifs is 1. The van der Waals surface area contributed by atoms with Gasteiger partial charge in [-0.1, -0.05) is 12.1 Å². The zero-order chi connectivity index (χ0) is 33.4. The number of aromatic amines is 1. The van der Waals surface area contributed by atoms with E-state index in [2.05, 4.69) is 24.5 Å². The van der Waals surface area contributed by atoms with Gasteiger partial charge < -0.3 is 14.0 Å². The third-order valence-corrected chi connectivity index (χ3v) is 8.82. The lowest BCUT2D eigenvalue weighted by atomic mass is 9.89. The van der Waals surface area contributed by atoms with E-state index in [1.807, 2.05) is 11.2 Å². The molecule has 2 fully saturated rings. The first-order chi connectivity index (χ1) is 23.1.